The van der Waals surface area contributed by atoms with E-state index in [0.717, 1.165) is 26.5 Å². The Morgan fingerprint density at radius 1 is 1.07 bits per heavy atom. The van der Waals surface area contributed by atoms with Crippen LogP contribution in [0, 0.1) is 0 Å². The van der Waals surface area contributed by atoms with Crippen molar-refractivity contribution >= 4 is 33.4 Å². The minimum atomic E-state index is -0.587. The minimum absolute atomic E-state index is 0.225. The molecule has 0 radical (unpaired) electrons. The molecule has 3 rings (SSSR count). The van der Waals surface area contributed by atoms with Crippen LogP contribution in [0.4, 0.5) is 0 Å². The third-order valence-corrected chi connectivity index (χ3v) is 5.05. The third kappa shape index (κ3) is 6.55. The number of para-hydroxylation sites is 1. The molecule has 2 aromatic carbocycles. The van der Waals surface area contributed by atoms with E-state index in [9.17, 15) is 9.59 Å². The van der Waals surface area contributed by atoms with Gasteiger partial charge in [-0.05, 0) is 36.2 Å². The van der Waals surface area contributed by atoms with Crippen molar-refractivity contribution in [1.82, 2.24) is 10.3 Å². The first-order valence-electron chi connectivity index (χ1n) is 9.11. The van der Waals surface area contributed by atoms with Crippen LogP contribution in [0.15, 0.2) is 48.5 Å². The molecule has 0 spiro atoms. The van der Waals surface area contributed by atoms with Crippen molar-refractivity contribution in [3.8, 4) is 5.75 Å². The summed E-state index contributed by atoms with van der Waals surface area (Å²) >= 11 is 1.52. The van der Waals surface area contributed by atoms with Crippen LogP contribution in [0.2, 0.25) is 0 Å². The second kappa shape index (κ2) is 10.5. The number of thiazole rings is 1. The number of nitrogens with one attached hydrogen (secondary N) is 1. The first-order valence-corrected chi connectivity index (χ1v) is 9.93. The average molecular weight is 414 g/mol. The van der Waals surface area contributed by atoms with Crippen LogP contribution in [0.3, 0.4) is 0 Å². The monoisotopic (exact) mass is 414 g/mol. The van der Waals surface area contributed by atoms with Crippen LogP contribution < -0.4 is 10.1 Å². The molecule has 152 valence electrons. The zero-order valence-electron chi connectivity index (χ0n) is 16.1. The molecule has 3 aromatic rings. The molecule has 1 amide bonds. The fourth-order valence-corrected chi connectivity index (χ4v) is 3.49. The van der Waals surface area contributed by atoms with Crippen molar-refractivity contribution in [2.24, 2.45) is 0 Å². The molecule has 0 saturated heterocycles. The highest BCUT2D eigenvalue weighted by Gasteiger charge is 2.09. The van der Waals surface area contributed by atoms with Crippen molar-refractivity contribution in [3.05, 3.63) is 59.1 Å². The van der Waals surface area contributed by atoms with E-state index in [0.29, 0.717) is 13.0 Å². The van der Waals surface area contributed by atoms with Crippen LogP contribution in [0.1, 0.15) is 10.6 Å². The highest BCUT2D eigenvalue weighted by molar-refractivity contribution is 7.18. The number of benzene rings is 2. The van der Waals surface area contributed by atoms with E-state index >= 15 is 0 Å². The van der Waals surface area contributed by atoms with Crippen LogP contribution in [0.25, 0.3) is 10.2 Å². The Balaban J connectivity index is 1.28. The number of fused-ring (bicyclic) bond motifs is 1. The molecule has 1 N–H and O–H groups in total. The maximum Gasteiger partial charge on any atom is 0.332 e. The van der Waals surface area contributed by atoms with Gasteiger partial charge in [0.2, 0.25) is 0 Å². The van der Waals surface area contributed by atoms with Gasteiger partial charge in [-0.1, -0.05) is 24.3 Å². The summed E-state index contributed by atoms with van der Waals surface area (Å²) in [5.74, 6) is -0.149. The maximum atomic E-state index is 11.8. The van der Waals surface area contributed by atoms with Crippen LogP contribution in [-0.4, -0.2) is 43.7 Å². The van der Waals surface area contributed by atoms with Crippen molar-refractivity contribution < 1.29 is 23.8 Å². The van der Waals surface area contributed by atoms with Crippen molar-refractivity contribution in [3.63, 3.8) is 0 Å². The van der Waals surface area contributed by atoms with Gasteiger partial charge in [0.05, 0.1) is 23.9 Å². The van der Waals surface area contributed by atoms with Crippen LogP contribution >= 0.6 is 11.3 Å². The first-order chi connectivity index (χ1) is 14.1. The number of hydrogen-bond acceptors (Lipinski definition) is 7. The Morgan fingerprint density at radius 2 is 1.86 bits per heavy atom. The average Bonchev–Trinajstić information content (AvgIpc) is 3.15. The minimum Gasteiger partial charge on any atom is -0.497 e. The second-order valence-electron chi connectivity index (χ2n) is 6.18. The van der Waals surface area contributed by atoms with E-state index in [4.69, 9.17) is 14.2 Å². The lowest BCUT2D eigenvalue weighted by atomic mass is 10.1. The summed E-state index contributed by atoms with van der Waals surface area (Å²) in [5.41, 5.74) is 1.98. The molecule has 0 aliphatic heterocycles. The number of hydrogen-bond donors (Lipinski definition) is 1. The number of nitrogens with zero attached hydrogens (tertiary/aromatic N) is 1. The summed E-state index contributed by atoms with van der Waals surface area (Å²) in [6, 6.07) is 15.4. The van der Waals surface area contributed by atoms with E-state index in [1.165, 1.54) is 11.3 Å². The lowest BCUT2D eigenvalue weighted by Crippen LogP contribution is -2.31. The number of methoxy groups -OCH3 is 1. The number of aromatic nitrogens is 1. The quantitative estimate of drug-likeness (QED) is 0.514. The zero-order chi connectivity index (χ0) is 20.5. The lowest BCUT2D eigenvalue weighted by Gasteiger charge is -2.07. The standard InChI is InChI=1S/C21H22N2O5S/c1-26-16-8-6-15(7-9-16)10-11-22-19(24)12-28-21(25)14-27-13-20-23-17-4-2-3-5-18(17)29-20/h2-9H,10-14H2,1H3,(H,22,24). The van der Waals surface area contributed by atoms with Gasteiger partial charge < -0.3 is 19.5 Å². The predicted molar refractivity (Wildman–Crippen MR) is 110 cm³/mol. The molecular formula is C21H22N2O5S. The Morgan fingerprint density at radius 3 is 2.62 bits per heavy atom. The van der Waals surface area contributed by atoms with E-state index in [1.807, 2.05) is 48.5 Å². The van der Waals surface area contributed by atoms with Gasteiger partial charge in [-0.15, -0.1) is 11.3 Å². The molecule has 0 aliphatic rings. The number of ether oxygens (including phenoxy) is 3. The molecule has 0 saturated carbocycles. The smallest absolute Gasteiger partial charge is 0.332 e. The Bertz CT molecular complexity index is 922. The highest BCUT2D eigenvalue weighted by Crippen LogP contribution is 2.21. The molecular weight excluding hydrogens is 392 g/mol. The van der Waals surface area contributed by atoms with E-state index in [1.54, 1.807) is 7.11 Å². The normalized spacial score (nSPS) is 10.7. The van der Waals surface area contributed by atoms with Crippen molar-refractivity contribution in [1.29, 1.82) is 0 Å². The van der Waals surface area contributed by atoms with Crippen molar-refractivity contribution in [2.75, 3.05) is 26.9 Å². The van der Waals surface area contributed by atoms with Gasteiger partial charge in [0.25, 0.3) is 5.91 Å². The molecule has 0 fully saturated rings. The van der Waals surface area contributed by atoms with E-state index < -0.39 is 5.97 Å². The summed E-state index contributed by atoms with van der Waals surface area (Å²) in [7, 11) is 1.61. The number of esters is 1. The third-order valence-electron chi connectivity index (χ3n) is 4.04. The summed E-state index contributed by atoms with van der Waals surface area (Å²) in [6.45, 7) is 0.125. The molecule has 0 bridgehead atoms. The van der Waals surface area contributed by atoms with Crippen LogP contribution in [0.5, 0.6) is 5.75 Å². The van der Waals surface area contributed by atoms with Gasteiger partial charge in [0.15, 0.2) is 6.61 Å². The zero-order valence-corrected chi connectivity index (χ0v) is 16.9. The summed E-state index contributed by atoms with van der Waals surface area (Å²) in [4.78, 5) is 27.9. The SMILES string of the molecule is COc1ccc(CCNC(=O)COC(=O)COCc2nc3ccccc3s2)cc1. The van der Waals surface area contributed by atoms with Gasteiger partial charge in [0.1, 0.15) is 17.4 Å². The molecule has 29 heavy (non-hydrogen) atoms. The summed E-state index contributed by atoms with van der Waals surface area (Å²) in [6.07, 6.45) is 0.676. The van der Waals surface area contributed by atoms with Gasteiger partial charge in [-0.25, -0.2) is 9.78 Å². The van der Waals surface area contributed by atoms with Gasteiger partial charge in [-0.3, -0.25) is 4.79 Å². The summed E-state index contributed by atoms with van der Waals surface area (Å²) in [5, 5.41) is 3.50. The van der Waals surface area contributed by atoms with Crippen LogP contribution in [-0.2, 0) is 32.1 Å². The molecule has 1 aromatic heterocycles. The van der Waals surface area contributed by atoms with E-state index in [-0.39, 0.29) is 25.7 Å². The fourth-order valence-electron chi connectivity index (χ4n) is 2.58. The highest BCUT2D eigenvalue weighted by atomic mass is 32.1. The number of carbonyl (C=O) groups excluding carboxylic acids is 2. The number of amides is 1. The Hall–Kier alpha value is -2.97. The van der Waals surface area contributed by atoms with Gasteiger partial charge in [-0.2, -0.15) is 0 Å². The molecule has 0 atom stereocenters. The molecule has 0 unspecified atom stereocenters. The topological polar surface area (TPSA) is 86.8 Å². The molecule has 7 nitrogen and oxygen atoms in total. The Labute approximate surface area is 172 Å². The number of carbonyl (C=O) groups is 2. The molecule has 1 heterocycles. The predicted octanol–water partition coefficient (Wildman–Crippen LogP) is 2.72. The van der Waals surface area contributed by atoms with Gasteiger partial charge in [0, 0.05) is 6.54 Å². The largest absolute Gasteiger partial charge is 0.497 e. The van der Waals surface area contributed by atoms with Crippen molar-refractivity contribution in [2.45, 2.75) is 13.0 Å². The lowest BCUT2D eigenvalue weighted by molar-refractivity contribution is -0.153. The van der Waals surface area contributed by atoms with Gasteiger partial charge >= 0.3 is 5.97 Å². The Kier molecular flexibility index (Phi) is 7.54. The number of rotatable bonds is 10. The molecule has 8 heteroatoms. The first kappa shape index (κ1) is 20.8. The molecule has 0 aliphatic carbocycles. The maximum absolute atomic E-state index is 11.8. The van der Waals surface area contributed by atoms with E-state index in [2.05, 4.69) is 10.3 Å². The fraction of sp³-hybridized carbons (Fsp3) is 0.286. The second-order valence-corrected chi connectivity index (χ2v) is 7.29. The summed E-state index contributed by atoms with van der Waals surface area (Å²) < 4.78 is 16.4.